The molecule has 1 aromatic heterocycles. The number of hydrogen-bond acceptors (Lipinski definition) is 3. The number of carbonyl (C=O) groups excluding carboxylic acids is 1. The molecule has 1 rings (SSSR count). The van der Waals surface area contributed by atoms with Gasteiger partial charge in [-0.3, -0.25) is 4.79 Å². The number of nitrogens with one attached hydrogen (secondary N) is 1. The van der Waals surface area contributed by atoms with Crippen molar-refractivity contribution in [2.24, 2.45) is 7.05 Å². The summed E-state index contributed by atoms with van der Waals surface area (Å²) in [5.74, 6) is -0.245. The van der Waals surface area contributed by atoms with Crippen molar-refractivity contribution in [1.29, 1.82) is 0 Å². The molecular weight excluding hydrogens is 194 g/mol. The molecule has 0 bridgehead atoms. The Hall–Kier alpha value is -1.36. The van der Waals surface area contributed by atoms with Gasteiger partial charge in [0.05, 0.1) is 12.4 Å². The van der Waals surface area contributed by atoms with E-state index in [1.807, 2.05) is 6.92 Å². The van der Waals surface area contributed by atoms with Crippen LogP contribution in [-0.4, -0.2) is 33.2 Å². The van der Waals surface area contributed by atoms with Gasteiger partial charge in [-0.25, -0.2) is 4.98 Å². The van der Waals surface area contributed by atoms with Gasteiger partial charge in [0.1, 0.15) is 5.69 Å². The molecule has 0 spiro atoms. The second-order valence-corrected chi connectivity index (χ2v) is 3.58. The summed E-state index contributed by atoms with van der Waals surface area (Å²) in [5, 5.41) is 12.0. The van der Waals surface area contributed by atoms with E-state index >= 15 is 0 Å². The van der Waals surface area contributed by atoms with Gasteiger partial charge in [0.25, 0.3) is 5.91 Å². The van der Waals surface area contributed by atoms with E-state index in [-0.39, 0.29) is 12.5 Å². The summed E-state index contributed by atoms with van der Waals surface area (Å²) in [6.45, 7) is 2.27. The highest BCUT2D eigenvalue weighted by atomic mass is 16.3. The first-order chi connectivity index (χ1) is 7.13. The molecular formula is C10H17N3O2. The van der Waals surface area contributed by atoms with Crippen molar-refractivity contribution < 1.29 is 9.90 Å². The predicted molar refractivity (Wildman–Crippen MR) is 56.5 cm³/mol. The van der Waals surface area contributed by atoms with Crippen LogP contribution in [0.1, 0.15) is 30.3 Å². The minimum atomic E-state index is -0.470. The quantitative estimate of drug-likeness (QED) is 0.736. The van der Waals surface area contributed by atoms with E-state index in [1.54, 1.807) is 24.1 Å². The molecule has 0 aliphatic heterocycles. The fourth-order valence-corrected chi connectivity index (χ4v) is 1.27. The smallest absolute Gasteiger partial charge is 0.271 e. The summed E-state index contributed by atoms with van der Waals surface area (Å²) in [5.41, 5.74) is 0.376. The fourth-order valence-electron chi connectivity index (χ4n) is 1.27. The lowest BCUT2D eigenvalue weighted by molar-refractivity contribution is 0.0905. The van der Waals surface area contributed by atoms with E-state index < -0.39 is 6.10 Å². The van der Waals surface area contributed by atoms with Gasteiger partial charge in [-0.1, -0.05) is 13.3 Å². The summed E-state index contributed by atoms with van der Waals surface area (Å²) in [6, 6.07) is 0. The minimum absolute atomic E-state index is 0.245. The van der Waals surface area contributed by atoms with Crippen molar-refractivity contribution in [2.75, 3.05) is 6.54 Å². The van der Waals surface area contributed by atoms with E-state index in [0.717, 1.165) is 6.42 Å². The maximum Gasteiger partial charge on any atom is 0.271 e. The van der Waals surface area contributed by atoms with Gasteiger partial charge in [0.15, 0.2) is 0 Å². The molecule has 0 saturated carbocycles. The number of aryl methyl sites for hydroxylation is 1. The molecule has 0 aliphatic rings. The third kappa shape index (κ3) is 3.71. The molecule has 2 N–H and O–H groups in total. The molecule has 0 aliphatic carbocycles. The van der Waals surface area contributed by atoms with Gasteiger partial charge in [-0.15, -0.1) is 0 Å². The highest BCUT2D eigenvalue weighted by Gasteiger charge is 2.10. The highest BCUT2D eigenvalue weighted by Crippen LogP contribution is 1.96. The molecule has 0 aromatic carbocycles. The number of amides is 1. The number of aromatic nitrogens is 2. The van der Waals surface area contributed by atoms with Crippen LogP contribution in [0.25, 0.3) is 0 Å². The van der Waals surface area contributed by atoms with E-state index in [9.17, 15) is 9.90 Å². The topological polar surface area (TPSA) is 67.2 Å². The van der Waals surface area contributed by atoms with E-state index in [1.165, 1.54) is 0 Å². The Balaban J connectivity index is 2.36. The molecule has 15 heavy (non-hydrogen) atoms. The summed E-state index contributed by atoms with van der Waals surface area (Å²) in [7, 11) is 1.80. The molecule has 84 valence electrons. The molecule has 0 radical (unpaired) electrons. The summed E-state index contributed by atoms with van der Waals surface area (Å²) >= 11 is 0. The molecule has 1 atom stereocenters. The zero-order valence-electron chi connectivity index (χ0n) is 9.10. The standard InChI is InChI=1S/C10H17N3O2/c1-3-4-8(14)5-11-10(15)9-6-13(2)7-12-9/h6-8,14H,3-5H2,1-2H3,(H,11,15). The Labute approximate surface area is 89.1 Å². The van der Waals surface area contributed by atoms with Crippen LogP contribution >= 0.6 is 0 Å². The first-order valence-electron chi connectivity index (χ1n) is 5.07. The molecule has 5 nitrogen and oxygen atoms in total. The average Bonchev–Trinajstić information content (AvgIpc) is 2.62. The van der Waals surface area contributed by atoms with Gasteiger partial charge in [-0.2, -0.15) is 0 Å². The van der Waals surface area contributed by atoms with Crippen LogP contribution in [0.4, 0.5) is 0 Å². The number of hydrogen-bond donors (Lipinski definition) is 2. The van der Waals surface area contributed by atoms with E-state index in [0.29, 0.717) is 12.1 Å². The third-order valence-electron chi connectivity index (χ3n) is 2.06. The van der Waals surface area contributed by atoms with Gasteiger partial charge in [0.2, 0.25) is 0 Å². The predicted octanol–water partition coefficient (Wildman–Crippen LogP) is 0.311. The zero-order chi connectivity index (χ0) is 11.3. The third-order valence-corrected chi connectivity index (χ3v) is 2.06. The van der Waals surface area contributed by atoms with Crippen molar-refractivity contribution in [1.82, 2.24) is 14.9 Å². The van der Waals surface area contributed by atoms with Gasteiger partial charge >= 0.3 is 0 Å². The minimum Gasteiger partial charge on any atom is -0.391 e. The maximum atomic E-state index is 11.5. The zero-order valence-corrected chi connectivity index (χ0v) is 9.10. The molecule has 1 unspecified atom stereocenters. The van der Waals surface area contributed by atoms with Crippen LogP contribution in [0.3, 0.4) is 0 Å². The van der Waals surface area contributed by atoms with Gasteiger partial charge in [0, 0.05) is 19.8 Å². The second kappa shape index (κ2) is 5.50. The normalized spacial score (nSPS) is 12.5. The lowest BCUT2D eigenvalue weighted by atomic mass is 10.2. The second-order valence-electron chi connectivity index (χ2n) is 3.58. The number of imidazole rings is 1. The Bertz CT molecular complexity index is 322. The van der Waals surface area contributed by atoms with Crippen LogP contribution in [0.5, 0.6) is 0 Å². The van der Waals surface area contributed by atoms with E-state index in [4.69, 9.17) is 0 Å². The Morgan fingerprint density at radius 2 is 2.47 bits per heavy atom. The Morgan fingerprint density at radius 3 is 3.00 bits per heavy atom. The van der Waals surface area contributed by atoms with Crippen LogP contribution in [0.2, 0.25) is 0 Å². The van der Waals surface area contributed by atoms with Crippen molar-refractivity contribution in [3.05, 3.63) is 18.2 Å². The average molecular weight is 211 g/mol. The molecule has 1 aromatic rings. The SMILES string of the molecule is CCCC(O)CNC(=O)c1cn(C)cn1. The number of aliphatic hydroxyl groups excluding tert-OH is 1. The van der Waals surface area contributed by atoms with E-state index in [2.05, 4.69) is 10.3 Å². The molecule has 1 heterocycles. The Kier molecular flexibility index (Phi) is 4.30. The number of carbonyl (C=O) groups is 1. The maximum absolute atomic E-state index is 11.5. The number of aliphatic hydroxyl groups is 1. The van der Waals surface area contributed by atoms with Crippen molar-refractivity contribution in [3.63, 3.8) is 0 Å². The molecule has 0 saturated heterocycles. The van der Waals surface area contributed by atoms with Crippen LogP contribution in [0.15, 0.2) is 12.5 Å². The highest BCUT2D eigenvalue weighted by molar-refractivity contribution is 5.91. The number of rotatable bonds is 5. The first kappa shape index (κ1) is 11.7. The lowest BCUT2D eigenvalue weighted by Gasteiger charge is -2.09. The Morgan fingerprint density at radius 1 is 1.73 bits per heavy atom. The fraction of sp³-hybridized carbons (Fsp3) is 0.600. The summed E-state index contributed by atoms with van der Waals surface area (Å²) in [4.78, 5) is 15.4. The molecule has 5 heteroatoms. The van der Waals surface area contributed by atoms with Gasteiger partial charge in [-0.05, 0) is 6.42 Å². The lowest BCUT2D eigenvalue weighted by Crippen LogP contribution is -2.32. The van der Waals surface area contributed by atoms with Crippen molar-refractivity contribution >= 4 is 5.91 Å². The van der Waals surface area contributed by atoms with Gasteiger partial charge < -0.3 is 15.0 Å². The van der Waals surface area contributed by atoms with Crippen LogP contribution in [0, 0.1) is 0 Å². The van der Waals surface area contributed by atoms with Crippen molar-refractivity contribution in [2.45, 2.75) is 25.9 Å². The molecule has 0 fully saturated rings. The first-order valence-corrected chi connectivity index (χ1v) is 5.07. The van der Waals surface area contributed by atoms with Crippen LogP contribution < -0.4 is 5.32 Å². The largest absolute Gasteiger partial charge is 0.391 e. The monoisotopic (exact) mass is 211 g/mol. The summed E-state index contributed by atoms with van der Waals surface area (Å²) in [6.07, 6.45) is 4.34. The number of nitrogens with zero attached hydrogens (tertiary/aromatic N) is 2. The summed E-state index contributed by atoms with van der Waals surface area (Å²) < 4.78 is 1.71. The van der Waals surface area contributed by atoms with Crippen molar-refractivity contribution in [3.8, 4) is 0 Å². The molecule has 1 amide bonds. The van der Waals surface area contributed by atoms with Crippen LogP contribution in [-0.2, 0) is 7.05 Å².